The highest BCUT2D eigenvalue weighted by Gasteiger charge is 2.15. The van der Waals surface area contributed by atoms with Gasteiger partial charge < -0.3 is 20.5 Å². The van der Waals surface area contributed by atoms with Gasteiger partial charge in [0.1, 0.15) is 11.5 Å². The van der Waals surface area contributed by atoms with E-state index in [1.165, 1.54) is 0 Å². The molecule has 0 bridgehead atoms. The highest BCUT2D eigenvalue weighted by atomic mass is 16.5. The fourth-order valence-electron chi connectivity index (χ4n) is 2.58. The predicted octanol–water partition coefficient (Wildman–Crippen LogP) is 3.10. The van der Waals surface area contributed by atoms with Gasteiger partial charge in [0.15, 0.2) is 0 Å². The van der Waals surface area contributed by atoms with Crippen molar-refractivity contribution in [2.45, 2.75) is 25.8 Å². The van der Waals surface area contributed by atoms with Crippen LogP contribution in [-0.4, -0.2) is 20.1 Å². The van der Waals surface area contributed by atoms with Crippen molar-refractivity contribution in [3.63, 3.8) is 0 Å². The molecule has 0 aliphatic carbocycles. The van der Waals surface area contributed by atoms with E-state index in [0.717, 1.165) is 22.6 Å². The molecular formula is C19H24N2O3. The maximum absolute atomic E-state index is 12.2. The number of nitrogen functional groups attached to an aromatic ring is 1. The molecule has 24 heavy (non-hydrogen) atoms. The van der Waals surface area contributed by atoms with Crippen molar-refractivity contribution in [1.82, 2.24) is 5.32 Å². The van der Waals surface area contributed by atoms with E-state index in [4.69, 9.17) is 15.2 Å². The summed E-state index contributed by atoms with van der Waals surface area (Å²) in [5, 5.41) is 3.00. The maximum Gasteiger partial charge on any atom is 0.220 e. The number of nitrogens with two attached hydrogens (primary N) is 1. The van der Waals surface area contributed by atoms with Crippen molar-refractivity contribution in [2.24, 2.45) is 0 Å². The maximum atomic E-state index is 12.2. The van der Waals surface area contributed by atoms with Crippen LogP contribution < -0.4 is 20.5 Å². The molecule has 5 heteroatoms. The van der Waals surface area contributed by atoms with E-state index in [9.17, 15) is 4.79 Å². The Balaban J connectivity index is 2.00. The van der Waals surface area contributed by atoms with Crippen LogP contribution in [0.15, 0.2) is 42.5 Å². The number of ether oxygens (including phenoxy) is 2. The van der Waals surface area contributed by atoms with E-state index in [1.807, 2.05) is 49.4 Å². The lowest BCUT2D eigenvalue weighted by Crippen LogP contribution is -2.27. The zero-order valence-corrected chi connectivity index (χ0v) is 14.3. The van der Waals surface area contributed by atoms with Crippen molar-refractivity contribution in [3.05, 3.63) is 53.6 Å². The van der Waals surface area contributed by atoms with Gasteiger partial charge in [0.05, 0.1) is 20.3 Å². The second-order valence-corrected chi connectivity index (χ2v) is 5.60. The van der Waals surface area contributed by atoms with Gasteiger partial charge in [-0.25, -0.2) is 0 Å². The molecule has 0 spiro atoms. The van der Waals surface area contributed by atoms with Crippen LogP contribution in [0.4, 0.5) is 5.69 Å². The summed E-state index contributed by atoms with van der Waals surface area (Å²) in [6, 6.07) is 12.9. The first-order valence-corrected chi connectivity index (χ1v) is 7.89. The lowest BCUT2D eigenvalue weighted by Gasteiger charge is -2.18. The number of methoxy groups -OCH3 is 2. The molecule has 1 amide bonds. The monoisotopic (exact) mass is 328 g/mol. The predicted molar refractivity (Wildman–Crippen MR) is 95.3 cm³/mol. The topological polar surface area (TPSA) is 73.6 Å². The van der Waals surface area contributed by atoms with Crippen molar-refractivity contribution in [1.29, 1.82) is 0 Å². The zero-order valence-electron chi connectivity index (χ0n) is 14.3. The Morgan fingerprint density at radius 2 is 1.92 bits per heavy atom. The second-order valence-electron chi connectivity index (χ2n) is 5.60. The number of rotatable bonds is 7. The minimum atomic E-state index is -0.185. The first kappa shape index (κ1) is 17.7. The Kier molecular flexibility index (Phi) is 6.07. The summed E-state index contributed by atoms with van der Waals surface area (Å²) >= 11 is 0. The highest BCUT2D eigenvalue weighted by Crippen LogP contribution is 2.29. The van der Waals surface area contributed by atoms with Crippen LogP contribution in [0.25, 0.3) is 0 Å². The van der Waals surface area contributed by atoms with Crippen LogP contribution in [0.3, 0.4) is 0 Å². The number of carbonyl (C=O) groups excluding carboxylic acids is 1. The van der Waals surface area contributed by atoms with Gasteiger partial charge in [-0.1, -0.05) is 18.2 Å². The molecule has 0 radical (unpaired) electrons. The van der Waals surface area contributed by atoms with Gasteiger partial charge in [0.25, 0.3) is 0 Å². The quantitative estimate of drug-likeness (QED) is 0.766. The van der Waals surface area contributed by atoms with Crippen LogP contribution in [0, 0.1) is 0 Å². The third-order valence-electron chi connectivity index (χ3n) is 3.96. The van der Waals surface area contributed by atoms with Gasteiger partial charge in [-0.15, -0.1) is 0 Å². The SMILES string of the molecule is COc1ccc(OC)c(C(C)NC(=O)CCc2ccccc2N)c1. The van der Waals surface area contributed by atoms with E-state index in [2.05, 4.69) is 5.32 Å². The fraction of sp³-hybridized carbons (Fsp3) is 0.316. The van der Waals surface area contributed by atoms with Crippen molar-refractivity contribution in [3.8, 4) is 11.5 Å². The van der Waals surface area contributed by atoms with Gasteiger partial charge >= 0.3 is 0 Å². The zero-order chi connectivity index (χ0) is 17.5. The highest BCUT2D eigenvalue weighted by molar-refractivity contribution is 5.77. The molecular weight excluding hydrogens is 304 g/mol. The summed E-state index contributed by atoms with van der Waals surface area (Å²) in [5.74, 6) is 1.41. The number of hydrogen-bond donors (Lipinski definition) is 2. The Labute approximate surface area is 142 Å². The lowest BCUT2D eigenvalue weighted by molar-refractivity contribution is -0.121. The number of carbonyl (C=O) groups is 1. The molecule has 2 rings (SSSR count). The number of amides is 1. The second kappa shape index (κ2) is 8.24. The molecule has 0 aliphatic heterocycles. The third-order valence-corrected chi connectivity index (χ3v) is 3.96. The number of nitrogens with one attached hydrogen (secondary N) is 1. The van der Waals surface area contributed by atoms with Crippen LogP contribution in [-0.2, 0) is 11.2 Å². The Bertz CT molecular complexity index is 701. The molecule has 2 aromatic carbocycles. The average Bonchev–Trinajstić information content (AvgIpc) is 2.60. The normalized spacial score (nSPS) is 11.6. The van der Waals surface area contributed by atoms with E-state index < -0.39 is 0 Å². The smallest absolute Gasteiger partial charge is 0.220 e. The van der Waals surface area contributed by atoms with E-state index in [-0.39, 0.29) is 11.9 Å². The molecule has 0 saturated carbocycles. The molecule has 0 saturated heterocycles. The molecule has 128 valence electrons. The Morgan fingerprint density at radius 1 is 1.17 bits per heavy atom. The van der Waals surface area contributed by atoms with E-state index in [1.54, 1.807) is 14.2 Å². The summed E-state index contributed by atoms with van der Waals surface area (Å²) in [6.07, 6.45) is 0.991. The van der Waals surface area contributed by atoms with Gasteiger partial charge in [-0.3, -0.25) is 4.79 Å². The van der Waals surface area contributed by atoms with Gasteiger partial charge in [0, 0.05) is 17.7 Å². The number of hydrogen-bond acceptors (Lipinski definition) is 4. The molecule has 0 aliphatic rings. The van der Waals surface area contributed by atoms with Gasteiger partial charge in [0.2, 0.25) is 5.91 Å². The average molecular weight is 328 g/mol. The van der Waals surface area contributed by atoms with E-state index in [0.29, 0.717) is 18.5 Å². The van der Waals surface area contributed by atoms with Crippen molar-refractivity contribution in [2.75, 3.05) is 20.0 Å². The molecule has 0 fully saturated rings. The van der Waals surface area contributed by atoms with E-state index >= 15 is 0 Å². The minimum absolute atomic E-state index is 0.0318. The number of anilines is 1. The van der Waals surface area contributed by atoms with Crippen LogP contribution in [0.1, 0.15) is 30.5 Å². The molecule has 5 nitrogen and oxygen atoms in total. The molecule has 1 unspecified atom stereocenters. The van der Waals surface area contributed by atoms with Crippen molar-refractivity contribution < 1.29 is 14.3 Å². The number of aryl methyl sites for hydroxylation is 1. The standard InChI is InChI=1S/C19H24N2O3/c1-13(16-12-15(23-2)9-10-18(16)24-3)21-19(22)11-8-14-6-4-5-7-17(14)20/h4-7,9-10,12-13H,8,11,20H2,1-3H3,(H,21,22). The molecule has 1 atom stereocenters. The Morgan fingerprint density at radius 3 is 2.58 bits per heavy atom. The first-order chi connectivity index (χ1) is 11.5. The molecule has 2 aromatic rings. The fourth-order valence-corrected chi connectivity index (χ4v) is 2.58. The summed E-state index contributed by atoms with van der Waals surface area (Å²) in [4.78, 5) is 12.2. The largest absolute Gasteiger partial charge is 0.497 e. The summed E-state index contributed by atoms with van der Waals surface area (Å²) in [7, 11) is 3.22. The van der Waals surface area contributed by atoms with Crippen LogP contribution >= 0.6 is 0 Å². The molecule has 3 N–H and O–H groups in total. The van der Waals surface area contributed by atoms with Crippen LogP contribution in [0.5, 0.6) is 11.5 Å². The van der Waals surface area contributed by atoms with Crippen LogP contribution in [0.2, 0.25) is 0 Å². The summed E-state index contributed by atoms with van der Waals surface area (Å²) in [6.45, 7) is 1.92. The first-order valence-electron chi connectivity index (χ1n) is 7.89. The number of benzene rings is 2. The Hall–Kier alpha value is -2.69. The summed E-state index contributed by atoms with van der Waals surface area (Å²) in [5.41, 5.74) is 8.49. The van der Waals surface area contributed by atoms with Gasteiger partial charge in [-0.05, 0) is 43.2 Å². The van der Waals surface area contributed by atoms with Gasteiger partial charge in [-0.2, -0.15) is 0 Å². The summed E-state index contributed by atoms with van der Waals surface area (Å²) < 4.78 is 10.6. The lowest BCUT2D eigenvalue weighted by atomic mass is 10.0. The van der Waals surface area contributed by atoms with Crippen molar-refractivity contribution >= 4 is 11.6 Å². The molecule has 0 aromatic heterocycles. The minimum Gasteiger partial charge on any atom is -0.497 e. The third kappa shape index (κ3) is 4.41. The number of para-hydroxylation sites is 1. The molecule has 0 heterocycles.